The molecular formula is C18H14Br2N4O4. The SMILES string of the molecule is CCn1ccc2cc([N+](=O)[O-])cc(Br)c21.O=[N+]([O-])c1cc(Br)c2[nH]ccc2c1. The number of rotatable bonds is 3. The van der Waals surface area contributed by atoms with Gasteiger partial charge in [-0.1, -0.05) is 0 Å². The monoisotopic (exact) mass is 508 g/mol. The van der Waals surface area contributed by atoms with Crippen LogP contribution in [0.5, 0.6) is 0 Å². The molecule has 0 aliphatic rings. The van der Waals surface area contributed by atoms with Gasteiger partial charge in [-0.05, 0) is 50.9 Å². The summed E-state index contributed by atoms with van der Waals surface area (Å²) in [7, 11) is 0. The number of aromatic nitrogens is 2. The molecule has 0 spiro atoms. The molecule has 0 aliphatic heterocycles. The van der Waals surface area contributed by atoms with E-state index in [0.29, 0.717) is 4.47 Å². The predicted molar refractivity (Wildman–Crippen MR) is 115 cm³/mol. The number of aryl methyl sites for hydroxylation is 1. The molecule has 2 aromatic carbocycles. The molecule has 2 heterocycles. The van der Waals surface area contributed by atoms with Crippen LogP contribution in [-0.4, -0.2) is 19.4 Å². The van der Waals surface area contributed by atoms with E-state index in [9.17, 15) is 20.2 Å². The number of aromatic amines is 1. The Hall–Kier alpha value is -2.72. The van der Waals surface area contributed by atoms with Crippen LogP contribution in [-0.2, 0) is 6.54 Å². The molecule has 0 amide bonds. The van der Waals surface area contributed by atoms with Gasteiger partial charge in [0.2, 0.25) is 0 Å². The first-order chi connectivity index (χ1) is 13.3. The van der Waals surface area contributed by atoms with Crippen molar-refractivity contribution in [3.63, 3.8) is 0 Å². The van der Waals surface area contributed by atoms with Gasteiger partial charge in [-0.25, -0.2) is 0 Å². The number of hydrogen-bond acceptors (Lipinski definition) is 4. The van der Waals surface area contributed by atoms with E-state index in [1.54, 1.807) is 18.3 Å². The fraction of sp³-hybridized carbons (Fsp3) is 0.111. The smallest absolute Gasteiger partial charge is 0.271 e. The lowest BCUT2D eigenvalue weighted by Crippen LogP contribution is -1.93. The average molecular weight is 510 g/mol. The summed E-state index contributed by atoms with van der Waals surface area (Å²) < 4.78 is 3.52. The maximum atomic E-state index is 10.7. The standard InChI is InChI=1S/C10H9BrN2O2.C8H5BrN2O2/c1-2-12-4-3-7-5-8(13(14)15)6-9(11)10(7)12;9-7-4-6(11(12)13)3-5-1-2-10-8(5)7/h3-6H,2H2,1H3;1-4,10H. The fourth-order valence-corrected chi connectivity index (χ4v) is 4.14. The van der Waals surface area contributed by atoms with Gasteiger partial charge >= 0.3 is 0 Å². The Morgan fingerprint density at radius 1 is 0.964 bits per heavy atom. The predicted octanol–water partition coefficient (Wildman–Crippen LogP) is 6.17. The van der Waals surface area contributed by atoms with Gasteiger partial charge in [0.15, 0.2) is 0 Å². The molecule has 0 fully saturated rings. The van der Waals surface area contributed by atoms with Gasteiger partial charge in [0.05, 0.1) is 20.9 Å². The van der Waals surface area contributed by atoms with Gasteiger partial charge in [-0.2, -0.15) is 0 Å². The summed E-state index contributed by atoms with van der Waals surface area (Å²) in [5.41, 5.74) is 2.09. The zero-order valence-electron chi connectivity index (χ0n) is 14.6. The van der Waals surface area contributed by atoms with Crippen molar-refractivity contribution in [1.82, 2.24) is 9.55 Å². The van der Waals surface area contributed by atoms with E-state index in [1.807, 2.05) is 23.8 Å². The van der Waals surface area contributed by atoms with Gasteiger partial charge in [-0.15, -0.1) is 0 Å². The van der Waals surface area contributed by atoms with E-state index in [1.165, 1.54) is 18.2 Å². The summed E-state index contributed by atoms with van der Waals surface area (Å²) in [6.07, 6.45) is 3.68. The van der Waals surface area contributed by atoms with Gasteiger partial charge in [0.25, 0.3) is 11.4 Å². The van der Waals surface area contributed by atoms with E-state index in [0.717, 1.165) is 32.8 Å². The van der Waals surface area contributed by atoms with E-state index in [2.05, 4.69) is 36.8 Å². The second-order valence-corrected chi connectivity index (χ2v) is 7.56. The third-order valence-electron chi connectivity index (χ3n) is 4.16. The largest absolute Gasteiger partial charge is 0.360 e. The number of hydrogen-bond donors (Lipinski definition) is 1. The lowest BCUT2D eigenvalue weighted by Gasteiger charge is -2.02. The van der Waals surface area contributed by atoms with Gasteiger partial charge in [-0.3, -0.25) is 20.2 Å². The van der Waals surface area contributed by atoms with Crippen molar-refractivity contribution in [1.29, 1.82) is 0 Å². The number of nitro benzene ring substituents is 2. The summed E-state index contributed by atoms with van der Waals surface area (Å²) in [5, 5.41) is 22.9. The Morgan fingerprint density at radius 3 is 2.18 bits per heavy atom. The Morgan fingerprint density at radius 2 is 1.57 bits per heavy atom. The number of benzene rings is 2. The number of fused-ring (bicyclic) bond motifs is 2. The van der Waals surface area contributed by atoms with Crippen LogP contribution >= 0.6 is 31.9 Å². The molecule has 0 bridgehead atoms. The van der Waals surface area contributed by atoms with Gasteiger partial charge in [0, 0.05) is 62.9 Å². The molecule has 0 saturated heterocycles. The van der Waals surface area contributed by atoms with Crippen molar-refractivity contribution < 1.29 is 9.85 Å². The van der Waals surface area contributed by atoms with E-state index >= 15 is 0 Å². The number of halogens is 2. The third kappa shape index (κ3) is 3.92. The van der Waals surface area contributed by atoms with Crippen LogP contribution in [0.25, 0.3) is 21.8 Å². The molecule has 2 aromatic heterocycles. The quantitative estimate of drug-likeness (QED) is 0.263. The molecule has 0 radical (unpaired) electrons. The van der Waals surface area contributed by atoms with E-state index in [-0.39, 0.29) is 16.3 Å². The first kappa shape index (κ1) is 20.0. The Kier molecular flexibility index (Phi) is 5.80. The molecule has 0 aliphatic carbocycles. The molecule has 4 rings (SSSR count). The van der Waals surface area contributed by atoms with Crippen molar-refractivity contribution in [3.8, 4) is 0 Å². The van der Waals surface area contributed by atoms with Crippen molar-refractivity contribution in [2.24, 2.45) is 0 Å². The topological polar surface area (TPSA) is 107 Å². The normalized spacial score (nSPS) is 10.7. The van der Waals surface area contributed by atoms with Crippen LogP contribution < -0.4 is 0 Å². The molecule has 144 valence electrons. The summed E-state index contributed by atoms with van der Waals surface area (Å²) in [5.74, 6) is 0. The summed E-state index contributed by atoms with van der Waals surface area (Å²) in [6, 6.07) is 9.83. The van der Waals surface area contributed by atoms with Crippen LogP contribution in [0.3, 0.4) is 0 Å². The highest BCUT2D eigenvalue weighted by molar-refractivity contribution is 9.11. The van der Waals surface area contributed by atoms with Crippen LogP contribution in [0.15, 0.2) is 57.7 Å². The number of non-ortho nitro benzene ring substituents is 2. The van der Waals surface area contributed by atoms with Gasteiger partial charge < -0.3 is 9.55 Å². The van der Waals surface area contributed by atoms with Crippen LogP contribution in [0.2, 0.25) is 0 Å². The number of nitrogens with one attached hydrogen (secondary N) is 1. The first-order valence-electron chi connectivity index (χ1n) is 8.15. The average Bonchev–Trinajstić information content (AvgIpc) is 3.28. The zero-order chi connectivity index (χ0) is 20.4. The second-order valence-electron chi connectivity index (χ2n) is 5.85. The summed E-state index contributed by atoms with van der Waals surface area (Å²) >= 11 is 6.62. The molecule has 28 heavy (non-hydrogen) atoms. The third-order valence-corrected chi connectivity index (χ3v) is 5.39. The van der Waals surface area contributed by atoms with Gasteiger partial charge in [0.1, 0.15) is 0 Å². The van der Waals surface area contributed by atoms with E-state index in [4.69, 9.17) is 0 Å². The minimum atomic E-state index is -0.406. The molecule has 0 unspecified atom stereocenters. The minimum Gasteiger partial charge on any atom is -0.360 e. The second kappa shape index (κ2) is 8.11. The highest BCUT2D eigenvalue weighted by Gasteiger charge is 2.12. The summed E-state index contributed by atoms with van der Waals surface area (Å²) in [6.45, 7) is 2.88. The first-order valence-corrected chi connectivity index (χ1v) is 9.74. The maximum Gasteiger partial charge on any atom is 0.271 e. The molecule has 4 aromatic rings. The van der Waals surface area contributed by atoms with Crippen LogP contribution in [0.4, 0.5) is 11.4 Å². The molecule has 1 N–H and O–H groups in total. The lowest BCUT2D eigenvalue weighted by molar-refractivity contribution is -0.384. The molecule has 0 saturated carbocycles. The number of H-pyrrole nitrogens is 1. The zero-order valence-corrected chi connectivity index (χ0v) is 17.7. The number of nitrogens with zero attached hydrogens (tertiary/aromatic N) is 3. The van der Waals surface area contributed by atoms with Crippen molar-refractivity contribution in [3.05, 3.63) is 78.0 Å². The molecule has 10 heteroatoms. The van der Waals surface area contributed by atoms with Crippen molar-refractivity contribution >= 4 is 65.0 Å². The highest BCUT2D eigenvalue weighted by Crippen LogP contribution is 2.30. The number of nitro groups is 2. The molecule has 8 nitrogen and oxygen atoms in total. The van der Waals surface area contributed by atoms with Crippen LogP contribution in [0, 0.1) is 20.2 Å². The van der Waals surface area contributed by atoms with Crippen molar-refractivity contribution in [2.75, 3.05) is 0 Å². The summed E-state index contributed by atoms with van der Waals surface area (Å²) in [4.78, 5) is 23.3. The Bertz CT molecular complexity index is 1200. The molecule has 0 atom stereocenters. The maximum absolute atomic E-state index is 10.7. The molecular weight excluding hydrogens is 496 g/mol. The minimum absolute atomic E-state index is 0.0963. The lowest BCUT2D eigenvalue weighted by atomic mass is 10.2. The highest BCUT2D eigenvalue weighted by atomic mass is 79.9. The van der Waals surface area contributed by atoms with Crippen LogP contribution in [0.1, 0.15) is 6.92 Å². The Labute approximate surface area is 175 Å². The van der Waals surface area contributed by atoms with Crippen molar-refractivity contribution in [2.45, 2.75) is 13.5 Å². The van der Waals surface area contributed by atoms with E-state index < -0.39 is 4.92 Å². The fourth-order valence-electron chi connectivity index (χ4n) is 2.87. The Balaban J connectivity index is 0.000000162.